The molecule has 78 valence electrons. The first-order valence-corrected chi connectivity index (χ1v) is 6.67. The van der Waals surface area contributed by atoms with Gasteiger partial charge in [0.15, 0.2) is 0 Å². The number of hydrogen-bond donors (Lipinski definition) is 0. The summed E-state index contributed by atoms with van der Waals surface area (Å²) in [5, 5.41) is 1.69. The predicted octanol–water partition coefficient (Wildman–Crippen LogP) is 4.96. The van der Waals surface area contributed by atoms with E-state index in [0.717, 1.165) is 8.04 Å². The molecule has 0 spiro atoms. The molecule has 1 aromatic carbocycles. The smallest absolute Gasteiger partial charge is 0.217 e. The van der Waals surface area contributed by atoms with Crippen LogP contribution in [0, 0.1) is 3.57 Å². The molecule has 0 atom stereocenters. The summed E-state index contributed by atoms with van der Waals surface area (Å²) in [7, 11) is 0. The van der Waals surface area contributed by atoms with Gasteiger partial charge in [-0.15, -0.1) is 0 Å². The second-order valence-electron chi connectivity index (χ2n) is 2.67. The van der Waals surface area contributed by atoms with Crippen LogP contribution in [0.4, 0.5) is 0 Å². The Morgan fingerprint density at radius 2 is 1.87 bits per heavy atom. The lowest BCUT2D eigenvalue weighted by molar-refractivity contribution is 1.22. The summed E-state index contributed by atoms with van der Waals surface area (Å²) in [5.41, 5.74) is 0.692. The van der Waals surface area contributed by atoms with Crippen molar-refractivity contribution in [2.75, 3.05) is 0 Å². The van der Waals surface area contributed by atoms with Crippen LogP contribution in [-0.2, 0) is 0 Å². The summed E-state index contributed by atoms with van der Waals surface area (Å²) in [5.74, 6) is 0. The van der Waals surface area contributed by atoms with Gasteiger partial charge in [-0.25, -0.2) is 9.97 Å². The Morgan fingerprint density at radius 1 is 1.20 bits per heavy atom. The molecule has 0 aliphatic rings. The molecule has 0 aliphatic heterocycles. The molecule has 1 aromatic heterocycles. The third kappa shape index (κ3) is 2.20. The zero-order valence-electron chi connectivity index (χ0n) is 6.86. The molecule has 0 N–H and O–H groups in total. The monoisotopic (exact) mass is 436 g/mol. The summed E-state index contributed by atoms with van der Waals surface area (Å²) >= 11 is 23.2. The highest BCUT2D eigenvalue weighted by atomic mass is 127. The lowest BCUT2D eigenvalue weighted by atomic mass is 10.2. The first kappa shape index (κ1) is 12.1. The van der Waals surface area contributed by atoms with Crippen molar-refractivity contribution in [3.8, 4) is 0 Å². The molecule has 15 heavy (non-hydrogen) atoms. The van der Waals surface area contributed by atoms with Crippen molar-refractivity contribution in [1.29, 1.82) is 0 Å². The largest absolute Gasteiger partial charge is 0.224 e. The number of aromatic nitrogens is 2. The molecule has 0 aliphatic carbocycles. The van der Waals surface area contributed by atoms with E-state index in [2.05, 4.69) is 48.5 Å². The van der Waals surface area contributed by atoms with Gasteiger partial charge in [-0.05, 0) is 56.2 Å². The normalized spacial score (nSPS) is 11.0. The zero-order valence-corrected chi connectivity index (χ0v) is 12.9. The molecule has 7 heteroatoms. The average Bonchev–Trinajstić information content (AvgIpc) is 2.17. The Labute approximate surface area is 123 Å². The highest BCUT2D eigenvalue weighted by molar-refractivity contribution is 14.1. The van der Waals surface area contributed by atoms with Crippen molar-refractivity contribution in [3.63, 3.8) is 0 Å². The van der Waals surface area contributed by atoms with Gasteiger partial charge in [-0.2, -0.15) is 0 Å². The molecule has 0 saturated carbocycles. The van der Waals surface area contributed by atoms with E-state index in [9.17, 15) is 0 Å². The quantitative estimate of drug-likeness (QED) is 0.252. The third-order valence-electron chi connectivity index (χ3n) is 1.75. The van der Waals surface area contributed by atoms with Gasteiger partial charge in [0.1, 0.15) is 5.15 Å². The van der Waals surface area contributed by atoms with E-state index in [1.165, 1.54) is 0 Å². The highest BCUT2D eigenvalue weighted by Crippen LogP contribution is 2.36. The van der Waals surface area contributed by atoms with Crippen molar-refractivity contribution in [2.45, 2.75) is 0 Å². The number of rotatable bonds is 0. The zero-order chi connectivity index (χ0) is 11.2. The van der Waals surface area contributed by atoms with Gasteiger partial charge < -0.3 is 0 Å². The molecule has 2 nitrogen and oxygen atoms in total. The van der Waals surface area contributed by atoms with Gasteiger partial charge >= 0.3 is 0 Å². The van der Waals surface area contributed by atoms with Crippen LogP contribution in [0.15, 0.2) is 10.5 Å². The molecular weight excluding hydrogens is 437 g/mol. The summed E-state index contributed by atoms with van der Waals surface area (Å²) in [6, 6.07) is 1.71. The van der Waals surface area contributed by atoms with Crippen LogP contribution in [0.3, 0.4) is 0 Å². The molecule has 1 heterocycles. The van der Waals surface area contributed by atoms with Crippen molar-refractivity contribution in [1.82, 2.24) is 9.97 Å². The fourth-order valence-corrected chi connectivity index (χ4v) is 2.91. The standard InChI is InChI=1S/C8HBrCl3IN2/c9-4-3(10)1-2-6(5(4)13)14-8(12)15-7(2)11/h1H. The van der Waals surface area contributed by atoms with E-state index in [-0.39, 0.29) is 5.28 Å². The summed E-state index contributed by atoms with van der Waals surface area (Å²) in [6.07, 6.45) is 0. The molecule has 0 amide bonds. The van der Waals surface area contributed by atoms with Crippen LogP contribution >= 0.6 is 73.3 Å². The lowest BCUT2D eigenvalue weighted by Crippen LogP contribution is -1.91. The van der Waals surface area contributed by atoms with E-state index >= 15 is 0 Å². The van der Waals surface area contributed by atoms with Crippen LogP contribution in [0.5, 0.6) is 0 Å². The maximum atomic E-state index is 6.01. The van der Waals surface area contributed by atoms with E-state index in [0.29, 0.717) is 21.1 Å². The van der Waals surface area contributed by atoms with Crippen molar-refractivity contribution in [3.05, 3.63) is 29.6 Å². The second-order valence-corrected chi connectivity index (χ2v) is 5.64. The first-order valence-electron chi connectivity index (χ1n) is 3.67. The van der Waals surface area contributed by atoms with Gasteiger partial charge in [0.05, 0.1) is 18.6 Å². The van der Waals surface area contributed by atoms with Gasteiger partial charge in [0.25, 0.3) is 0 Å². The number of nitrogens with zero attached hydrogens (tertiary/aromatic N) is 2. The van der Waals surface area contributed by atoms with E-state index in [1.54, 1.807) is 6.07 Å². The highest BCUT2D eigenvalue weighted by Gasteiger charge is 2.13. The lowest BCUT2D eigenvalue weighted by Gasteiger charge is -2.06. The third-order valence-corrected chi connectivity index (χ3v) is 5.35. The van der Waals surface area contributed by atoms with Crippen LogP contribution in [0.25, 0.3) is 10.9 Å². The number of benzene rings is 1. The van der Waals surface area contributed by atoms with E-state index < -0.39 is 0 Å². The van der Waals surface area contributed by atoms with Crippen molar-refractivity contribution in [2.24, 2.45) is 0 Å². The molecule has 0 saturated heterocycles. The van der Waals surface area contributed by atoms with Crippen molar-refractivity contribution < 1.29 is 0 Å². The fourth-order valence-electron chi connectivity index (χ4n) is 1.11. The van der Waals surface area contributed by atoms with E-state index in [4.69, 9.17) is 34.8 Å². The van der Waals surface area contributed by atoms with Crippen LogP contribution in [0.2, 0.25) is 15.5 Å². The Hall–Kier alpha value is 0.640. The predicted molar refractivity (Wildman–Crippen MR) is 75.0 cm³/mol. The SMILES string of the molecule is Clc1nc(Cl)c2cc(Cl)c(Br)c(I)c2n1. The summed E-state index contributed by atoms with van der Waals surface area (Å²) in [4.78, 5) is 7.97. The number of hydrogen-bond acceptors (Lipinski definition) is 2. The van der Waals surface area contributed by atoms with Gasteiger partial charge in [-0.3, -0.25) is 0 Å². The minimum absolute atomic E-state index is 0.125. The molecule has 0 radical (unpaired) electrons. The number of halogens is 5. The topological polar surface area (TPSA) is 25.8 Å². The minimum atomic E-state index is 0.125. The molecule has 0 fully saturated rings. The fraction of sp³-hybridized carbons (Fsp3) is 0. The van der Waals surface area contributed by atoms with Gasteiger partial charge in [0.2, 0.25) is 5.28 Å². The number of fused-ring (bicyclic) bond motifs is 1. The Kier molecular flexibility index (Phi) is 3.62. The minimum Gasteiger partial charge on any atom is -0.217 e. The maximum Gasteiger partial charge on any atom is 0.224 e. The molecule has 0 bridgehead atoms. The molecular formula is C8HBrCl3IN2. The van der Waals surface area contributed by atoms with Crippen LogP contribution in [-0.4, -0.2) is 9.97 Å². The Morgan fingerprint density at radius 3 is 2.53 bits per heavy atom. The Bertz CT molecular complexity index is 561. The first-order chi connectivity index (χ1) is 7.00. The van der Waals surface area contributed by atoms with Gasteiger partial charge in [-0.1, -0.05) is 23.2 Å². The molecule has 2 rings (SSSR count). The van der Waals surface area contributed by atoms with E-state index in [1.807, 2.05) is 0 Å². The Balaban J connectivity index is 2.98. The summed E-state index contributed by atoms with van der Waals surface area (Å²) in [6.45, 7) is 0. The van der Waals surface area contributed by atoms with Crippen molar-refractivity contribution >= 4 is 84.2 Å². The maximum absolute atomic E-state index is 6.01. The van der Waals surface area contributed by atoms with Gasteiger partial charge in [0, 0.05) is 5.39 Å². The average molecular weight is 438 g/mol. The summed E-state index contributed by atoms with van der Waals surface area (Å²) < 4.78 is 1.64. The molecule has 2 aromatic rings. The van der Waals surface area contributed by atoms with Crippen LogP contribution < -0.4 is 0 Å². The second kappa shape index (κ2) is 4.49. The molecule has 0 unspecified atom stereocenters. The van der Waals surface area contributed by atoms with Crippen LogP contribution in [0.1, 0.15) is 0 Å².